The Hall–Kier alpha value is 0.140. The second kappa shape index (κ2) is 6.18. The number of halogens is 2. The minimum absolute atomic E-state index is 0.309. The summed E-state index contributed by atoms with van der Waals surface area (Å²) in [7, 11) is -3.28. The van der Waals surface area contributed by atoms with E-state index in [1.165, 1.54) is 0 Å². The van der Waals surface area contributed by atoms with Gasteiger partial charge < -0.3 is 9.05 Å². The monoisotopic (exact) mass is 326 g/mol. The van der Waals surface area contributed by atoms with Crippen LogP contribution >= 0.6 is 35.1 Å². The maximum atomic E-state index is 12.4. The molecular weight excluding hydrogens is 314 g/mol. The molecule has 3 nitrogen and oxygen atoms in total. The predicted octanol–water partition coefficient (Wildman–Crippen LogP) is 3.99. The summed E-state index contributed by atoms with van der Waals surface area (Å²) in [5.41, 5.74) is 0. The molecule has 1 aromatic carbocycles. The van der Waals surface area contributed by atoms with Crippen molar-refractivity contribution in [1.29, 1.82) is 0 Å². The van der Waals surface area contributed by atoms with Crippen LogP contribution in [0.3, 0.4) is 0 Å². The van der Waals surface area contributed by atoms with Gasteiger partial charge in [-0.1, -0.05) is 27.5 Å². The van der Waals surface area contributed by atoms with Crippen molar-refractivity contribution in [3.05, 3.63) is 27.7 Å². The van der Waals surface area contributed by atoms with Gasteiger partial charge in [0.15, 0.2) is 0 Å². The highest BCUT2D eigenvalue weighted by Gasteiger charge is 2.29. The van der Waals surface area contributed by atoms with Gasteiger partial charge in [0.2, 0.25) is 0 Å². The average molecular weight is 328 g/mol. The molecule has 1 aromatic rings. The Kier molecular flexibility index (Phi) is 5.48. The molecule has 0 N–H and O–H groups in total. The zero-order valence-corrected chi connectivity index (χ0v) is 12.3. The molecule has 0 unspecified atom stereocenters. The zero-order valence-electron chi connectivity index (χ0n) is 9.07. The second-order valence-corrected chi connectivity index (χ2v) is 6.24. The largest absolute Gasteiger partial charge is 0.362 e. The first-order valence-corrected chi connectivity index (χ1v) is 7.59. The predicted molar refractivity (Wildman–Crippen MR) is 69.6 cm³/mol. The molecule has 0 radical (unpaired) electrons. The molecule has 90 valence electrons. The molecule has 0 heterocycles. The van der Waals surface area contributed by atoms with E-state index in [-0.39, 0.29) is 0 Å². The average Bonchev–Trinajstić information content (AvgIpc) is 2.17. The summed E-state index contributed by atoms with van der Waals surface area (Å²) >= 11 is 9.31. The molecule has 0 aliphatic heterocycles. The van der Waals surface area contributed by atoms with Crippen LogP contribution in [0.15, 0.2) is 22.7 Å². The van der Waals surface area contributed by atoms with E-state index in [2.05, 4.69) is 15.9 Å². The number of hydrogen-bond acceptors (Lipinski definition) is 3. The Morgan fingerprint density at radius 1 is 1.31 bits per heavy atom. The highest BCUT2D eigenvalue weighted by molar-refractivity contribution is 9.10. The van der Waals surface area contributed by atoms with E-state index in [4.69, 9.17) is 20.6 Å². The van der Waals surface area contributed by atoms with Crippen molar-refractivity contribution in [1.82, 2.24) is 0 Å². The molecule has 0 fully saturated rings. The topological polar surface area (TPSA) is 35.5 Å². The van der Waals surface area contributed by atoms with Crippen molar-refractivity contribution >= 4 is 40.4 Å². The van der Waals surface area contributed by atoms with Crippen molar-refractivity contribution in [2.75, 3.05) is 13.2 Å². The Morgan fingerprint density at radius 2 is 1.88 bits per heavy atom. The van der Waals surface area contributed by atoms with E-state index in [0.717, 1.165) is 4.47 Å². The molecule has 0 atom stereocenters. The summed E-state index contributed by atoms with van der Waals surface area (Å²) < 4.78 is 23.6. The fourth-order valence-electron chi connectivity index (χ4n) is 1.22. The van der Waals surface area contributed by atoms with Crippen molar-refractivity contribution in [2.24, 2.45) is 0 Å². The van der Waals surface area contributed by atoms with E-state index in [1.54, 1.807) is 32.0 Å². The summed E-state index contributed by atoms with van der Waals surface area (Å²) in [6, 6.07) is 5.08. The third kappa shape index (κ3) is 3.31. The van der Waals surface area contributed by atoms with Gasteiger partial charge in [-0.25, -0.2) is 0 Å². The summed E-state index contributed by atoms with van der Waals surface area (Å²) in [6.07, 6.45) is 0. The minimum atomic E-state index is -3.28. The smallest absolute Gasteiger partial charge is 0.305 e. The Balaban J connectivity index is 3.15. The van der Waals surface area contributed by atoms with Gasteiger partial charge in [-0.2, -0.15) is 0 Å². The summed E-state index contributed by atoms with van der Waals surface area (Å²) in [5.74, 6) is 0. The first-order chi connectivity index (χ1) is 7.53. The van der Waals surface area contributed by atoms with Crippen LogP contribution in [0.5, 0.6) is 0 Å². The fourth-order valence-corrected chi connectivity index (χ4v) is 3.82. The van der Waals surface area contributed by atoms with E-state index in [1.807, 2.05) is 0 Å². The van der Waals surface area contributed by atoms with Gasteiger partial charge in [-0.3, -0.25) is 4.57 Å². The van der Waals surface area contributed by atoms with Crippen LogP contribution in [-0.2, 0) is 13.6 Å². The third-order valence-electron chi connectivity index (χ3n) is 1.80. The lowest BCUT2D eigenvalue weighted by Gasteiger charge is -2.18. The molecule has 6 heteroatoms. The van der Waals surface area contributed by atoms with Gasteiger partial charge in [0, 0.05) is 4.47 Å². The summed E-state index contributed by atoms with van der Waals surface area (Å²) in [4.78, 5) is 0. The molecule has 0 saturated carbocycles. The van der Waals surface area contributed by atoms with Crippen molar-refractivity contribution in [2.45, 2.75) is 13.8 Å². The molecule has 16 heavy (non-hydrogen) atoms. The molecule has 0 amide bonds. The van der Waals surface area contributed by atoms with E-state index >= 15 is 0 Å². The van der Waals surface area contributed by atoms with Crippen LogP contribution in [0.2, 0.25) is 5.02 Å². The van der Waals surface area contributed by atoms with Gasteiger partial charge in [0.1, 0.15) is 0 Å². The van der Waals surface area contributed by atoms with Crippen molar-refractivity contribution in [3.8, 4) is 0 Å². The maximum Gasteiger partial charge on any atom is 0.362 e. The first kappa shape index (κ1) is 14.2. The number of benzene rings is 1. The number of rotatable bonds is 5. The van der Waals surface area contributed by atoms with Crippen LogP contribution in [0, 0.1) is 0 Å². The van der Waals surface area contributed by atoms with Crippen LogP contribution < -0.4 is 5.30 Å². The molecule has 0 aliphatic carbocycles. The van der Waals surface area contributed by atoms with Crippen LogP contribution in [0.1, 0.15) is 13.8 Å². The van der Waals surface area contributed by atoms with Gasteiger partial charge in [-0.05, 0) is 32.0 Å². The minimum Gasteiger partial charge on any atom is -0.305 e. The summed E-state index contributed by atoms with van der Waals surface area (Å²) in [6.45, 7) is 4.14. The van der Waals surface area contributed by atoms with Crippen LogP contribution in [0.25, 0.3) is 0 Å². The fraction of sp³-hybridized carbons (Fsp3) is 0.400. The quantitative estimate of drug-likeness (QED) is 0.767. The molecule has 0 saturated heterocycles. The standard InChI is InChI=1S/C10H13BrClO3P/c1-3-14-16(13,15-4-2)10-6-5-8(11)7-9(10)12/h5-7H,3-4H2,1-2H3. The zero-order chi connectivity index (χ0) is 12.2. The van der Waals surface area contributed by atoms with Gasteiger partial charge >= 0.3 is 7.60 Å². The van der Waals surface area contributed by atoms with Crippen LogP contribution in [0.4, 0.5) is 0 Å². The lowest BCUT2D eigenvalue weighted by atomic mass is 10.4. The number of hydrogen-bond donors (Lipinski definition) is 0. The highest BCUT2D eigenvalue weighted by atomic mass is 79.9. The first-order valence-electron chi connectivity index (χ1n) is 4.88. The van der Waals surface area contributed by atoms with Gasteiger partial charge in [0.05, 0.1) is 23.5 Å². The summed E-state index contributed by atoms with van der Waals surface area (Å²) in [5, 5.41) is 0.778. The highest BCUT2D eigenvalue weighted by Crippen LogP contribution is 2.48. The molecule has 0 bridgehead atoms. The molecule has 0 spiro atoms. The van der Waals surface area contributed by atoms with E-state index in [9.17, 15) is 4.57 Å². The Morgan fingerprint density at radius 3 is 2.31 bits per heavy atom. The maximum absolute atomic E-state index is 12.4. The third-order valence-corrected chi connectivity index (χ3v) is 4.92. The SMILES string of the molecule is CCOP(=O)(OCC)c1ccc(Br)cc1Cl. The van der Waals surface area contributed by atoms with E-state index < -0.39 is 7.60 Å². The lowest BCUT2D eigenvalue weighted by molar-refractivity contribution is 0.230. The lowest BCUT2D eigenvalue weighted by Crippen LogP contribution is -2.11. The van der Waals surface area contributed by atoms with E-state index in [0.29, 0.717) is 23.5 Å². The Labute approximate surface area is 109 Å². The van der Waals surface area contributed by atoms with Gasteiger partial charge in [-0.15, -0.1) is 0 Å². The second-order valence-electron chi connectivity index (χ2n) is 2.93. The van der Waals surface area contributed by atoms with Crippen molar-refractivity contribution in [3.63, 3.8) is 0 Å². The molecule has 1 rings (SSSR count). The van der Waals surface area contributed by atoms with Gasteiger partial charge in [0.25, 0.3) is 0 Å². The van der Waals surface area contributed by atoms with Crippen molar-refractivity contribution < 1.29 is 13.6 Å². The normalized spacial score (nSPS) is 11.8. The van der Waals surface area contributed by atoms with Crippen LogP contribution in [-0.4, -0.2) is 13.2 Å². The molecule has 0 aliphatic rings. The molecular formula is C10H13BrClO3P. The molecule has 0 aromatic heterocycles. The Bertz CT molecular complexity index is 401.